The normalized spacial score (nSPS) is 12.7. The highest BCUT2D eigenvalue weighted by molar-refractivity contribution is 7.98. The smallest absolute Gasteiger partial charge is 0.321 e. The second-order valence-corrected chi connectivity index (χ2v) is 3.62. The average molecular weight is 201 g/mol. The molecular weight excluding hydrogens is 190 g/mol. The summed E-state index contributed by atoms with van der Waals surface area (Å²) in [5.74, 6) is 0.192. The van der Waals surface area contributed by atoms with Gasteiger partial charge < -0.3 is 15.3 Å². The van der Waals surface area contributed by atoms with E-state index < -0.39 is 12.0 Å². The molecule has 1 heterocycles. The van der Waals surface area contributed by atoms with Crippen molar-refractivity contribution in [3.8, 4) is 0 Å². The Morgan fingerprint density at radius 1 is 1.77 bits per heavy atom. The van der Waals surface area contributed by atoms with Crippen molar-refractivity contribution >= 4 is 17.7 Å². The maximum absolute atomic E-state index is 10.3. The first-order valence-electron chi connectivity index (χ1n) is 3.77. The second kappa shape index (κ2) is 4.94. The van der Waals surface area contributed by atoms with E-state index in [-0.39, 0.29) is 0 Å². The number of carboxylic acid groups (broad SMARTS) is 1. The number of hydrogen-bond acceptors (Lipinski definition) is 4. The largest absolute Gasteiger partial charge is 0.480 e. The van der Waals surface area contributed by atoms with Gasteiger partial charge in [0.1, 0.15) is 6.04 Å². The van der Waals surface area contributed by atoms with Crippen LogP contribution in [0.25, 0.3) is 0 Å². The molecule has 13 heavy (non-hydrogen) atoms. The van der Waals surface area contributed by atoms with Crippen LogP contribution in [0, 0.1) is 0 Å². The lowest BCUT2D eigenvalue weighted by Crippen LogP contribution is -2.32. The lowest BCUT2D eigenvalue weighted by atomic mass is 10.4. The van der Waals surface area contributed by atoms with E-state index in [0.29, 0.717) is 5.75 Å². The maximum atomic E-state index is 10.3. The Balaban J connectivity index is 2.18. The van der Waals surface area contributed by atoms with Crippen molar-refractivity contribution in [2.75, 3.05) is 5.75 Å². The molecule has 0 saturated carbocycles. The first kappa shape index (κ1) is 10.1. The fraction of sp³-hybridized carbons (Fsp3) is 0.375. The third-order valence-electron chi connectivity index (χ3n) is 1.46. The zero-order chi connectivity index (χ0) is 9.68. The molecular formula is C8H11NO3S. The molecule has 0 aliphatic heterocycles. The van der Waals surface area contributed by atoms with Crippen molar-refractivity contribution in [3.05, 3.63) is 24.2 Å². The Bertz CT molecular complexity index is 260. The fourth-order valence-corrected chi connectivity index (χ4v) is 1.66. The Hall–Kier alpha value is -0.940. The van der Waals surface area contributed by atoms with Gasteiger partial charge in [-0.3, -0.25) is 4.79 Å². The number of hydrogen-bond donors (Lipinski definition) is 2. The fourth-order valence-electron chi connectivity index (χ4n) is 0.750. The number of furan rings is 1. The van der Waals surface area contributed by atoms with Crippen LogP contribution in [-0.2, 0) is 10.5 Å². The van der Waals surface area contributed by atoms with Crippen LogP contribution in [0.15, 0.2) is 23.0 Å². The second-order valence-electron chi connectivity index (χ2n) is 2.59. The highest BCUT2D eigenvalue weighted by atomic mass is 32.2. The summed E-state index contributed by atoms with van der Waals surface area (Å²) in [5, 5.41) is 8.48. The standard InChI is InChI=1S/C8H11NO3S/c9-7(8(10)11)5-13-4-6-1-2-12-3-6/h1-3,7H,4-5,9H2,(H,10,11). The summed E-state index contributed by atoms with van der Waals surface area (Å²) in [6, 6.07) is 1.07. The van der Waals surface area contributed by atoms with Crippen LogP contribution in [0.1, 0.15) is 5.56 Å². The predicted molar refractivity (Wildman–Crippen MR) is 50.5 cm³/mol. The molecule has 0 amide bonds. The number of carboxylic acids is 1. The van der Waals surface area contributed by atoms with Crippen molar-refractivity contribution in [3.63, 3.8) is 0 Å². The van der Waals surface area contributed by atoms with Crippen molar-refractivity contribution in [2.24, 2.45) is 5.73 Å². The van der Waals surface area contributed by atoms with E-state index in [1.54, 1.807) is 12.5 Å². The summed E-state index contributed by atoms with van der Waals surface area (Å²) in [5.41, 5.74) is 6.36. The Morgan fingerprint density at radius 3 is 3.08 bits per heavy atom. The van der Waals surface area contributed by atoms with Gasteiger partial charge in [0, 0.05) is 17.1 Å². The number of nitrogens with two attached hydrogens (primary N) is 1. The molecule has 1 unspecified atom stereocenters. The Labute approximate surface area is 80.1 Å². The maximum Gasteiger partial charge on any atom is 0.321 e. The highest BCUT2D eigenvalue weighted by Crippen LogP contribution is 2.12. The lowest BCUT2D eigenvalue weighted by Gasteiger charge is -2.03. The molecule has 0 spiro atoms. The molecule has 0 fully saturated rings. The lowest BCUT2D eigenvalue weighted by molar-refractivity contribution is -0.137. The van der Waals surface area contributed by atoms with Crippen LogP contribution in [-0.4, -0.2) is 22.9 Å². The van der Waals surface area contributed by atoms with E-state index in [1.807, 2.05) is 6.07 Å². The predicted octanol–water partition coefficient (Wildman–Crippen LogP) is 0.925. The summed E-state index contributed by atoms with van der Waals surface area (Å²) < 4.78 is 4.86. The SMILES string of the molecule is NC(CSCc1ccoc1)C(=O)O. The molecule has 3 N–H and O–H groups in total. The van der Waals surface area contributed by atoms with Crippen LogP contribution in [0.2, 0.25) is 0 Å². The van der Waals surface area contributed by atoms with E-state index in [4.69, 9.17) is 15.3 Å². The molecule has 1 aromatic heterocycles. The Kier molecular flexibility index (Phi) is 3.85. The molecule has 0 radical (unpaired) electrons. The van der Waals surface area contributed by atoms with Crippen LogP contribution in [0.5, 0.6) is 0 Å². The molecule has 5 heteroatoms. The van der Waals surface area contributed by atoms with E-state index in [1.165, 1.54) is 11.8 Å². The Morgan fingerprint density at radius 2 is 2.54 bits per heavy atom. The van der Waals surface area contributed by atoms with Gasteiger partial charge in [-0.25, -0.2) is 0 Å². The van der Waals surface area contributed by atoms with Crippen molar-refractivity contribution < 1.29 is 14.3 Å². The zero-order valence-electron chi connectivity index (χ0n) is 6.97. The molecule has 0 bridgehead atoms. The minimum absolute atomic E-state index is 0.417. The van der Waals surface area contributed by atoms with Crippen molar-refractivity contribution in [1.29, 1.82) is 0 Å². The molecule has 72 valence electrons. The number of aliphatic carboxylic acids is 1. The monoisotopic (exact) mass is 201 g/mol. The van der Waals surface area contributed by atoms with Crippen LogP contribution in [0.4, 0.5) is 0 Å². The number of carbonyl (C=O) groups is 1. The van der Waals surface area contributed by atoms with Crippen molar-refractivity contribution in [2.45, 2.75) is 11.8 Å². The summed E-state index contributed by atoms with van der Waals surface area (Å²) in [4.78, 5) is 10.3. The summed E-state index contributed by atoms with van der Waals surface area (Å²) >= 11 is 1.48. The third kappa shape index (κ3) is 3.52. The average Bonchev–Trinajstić information content (AvgIpc) is 2.56. The van der Waals surface area contributed by atoms with Gasteiger partial charge in [0.2, 0.25) is 0 Å². The molecule has 1 aromatic rings. The summed E-state index contributed by atoms with van der Waals surface area (Å²) in [6.45, 7) is 0. The van der Waals surface area contributed by atoms with Crippen LogP contribution in [0.3, 0.4) is 0 Å². The zero-order valence-corrected chi connectivity index (χ0v) is 7.79. The van der Waals surface area contributed by atoms with E-state index >= 15 is 0 Å². The summed E-state index contributed by atoms with van der Waals surface area (Å²) in [7, 11) is 0. The van der Waals surface area contributed by atoms with Gasteiger partial charge in [0.25, 0.3) is 0 Å². The first-order valence-corrected chi connectivity index (χ1v) is 4.93. The highest BCUT2D eigenvalue weighted by Gasteiger charge is 2.10. The number of thioether (sulfide) groups is 1. The molecule has 1 rings (SSSR count). The topological polar surface area (TPSA) is 76.5 Å². The van der Waals surface area contributed by atoms with Crippen LogP contribution >= 0.6 is 11.8 Å². The summed E-state index contributed by atoms with van der Waals surface area (Å²) in [6.07, 6.45) is 3.23. The minimum Gasteiger partial charge on any atom is -0.480 e. The van der Waals surface area contributed by atoms with Gasteiger partial charge in [-0.2, -0.15) is 11.8 Å². The molecule has 0 aromatic carbocycles. The minimum atomic E-state index is -0.959. The molecule has 1 atom stereocenters. The quantitative estimate of drug-likeness (QED) is 0.741. The molecule has 0 aliphatic rings. The van der Waals surface area contributed by atoms with Gasteiger partial charge >= 0.3 is 5.97 Å². The van der Waals surface area contributed by atoms with Gasteiger partial charge in [0.15, 0.2) is 0 Å². The van der Waals surface area contributed by atoms with Crippen molar-refractivity contribution in [1.82, 2.24) is 0 Å². The van der Waals surface area contributed by atoms with Gasteiger partial charge in [0.05, 0.1) is 12.5 Å². The van der Waals surface area contributed by atoms with E-state index in [2.05, 4.69) is 0 Å². The molecule has 0 saturated heterocycles. The van der Waals surface area contributed by atoms with E-state index in [0.717, 1.165) is 11.3 Å². The number of rotatable bonds is 5. The first-order chi connectivity index (χ1) is 6.20. The van der Waals surface area contributed by atoms with Gasteiger partial charge in [-0.1, -0.05) is 0 Å². The van der Waals surface area contributed by atoms with Gasteiger partial charge in [-0.15, -0.1) is 0 Å². The molecule has 4 nitrogen and oxygen atoms in total. The molecule has 0 aliphatic carbocycles. The van der Waals surface area contributed by atoms with E-state index in [9.17, 15) is 4.79 Å². The van der Waals surface area contributed by atoms with Gasteiger partial charge in [-0.05, 0) is 6.07 Å². The third-order valence-corrected chi connectivity index (χ3v) is 2.60. The van der Waals surface area contributed by atoms with Crippen LogP contribution < -0.4 is 5.73 Å².